The molecule has 2 saturated heterocycles. The molecule has 2 aromatic carbocycles. The molecule has 2 aromatic rings. The smallest absolute Gasteiger partial charge is 0.410 e. The van der Waals surface area contributed by atoms with Gasteiger partial charge in [0.05, 0.1) is 30.8 Å². The number of hydrogen-bond acceptors (Lipinski definition) is 7. The maximum atomic E-state index is 12.9. The number of benzene rings is 2. The first-order valence-corrected chi connectivity index (χ1v) is 15.7. The van der Waals surface area contributed by atoms with Crippen molar-refractivity contribution >= 4 is 15.9 Å². The number of carbonyl (C=O) groups is 1. The fraction of sp³-hybridized carbons (Fsp3) is 0.567. The van der Waals surface area contributed by atoms with Gasteiger partial charge in [-0.3, -0.25) is 0 Å². The number of methoxy groups -OCH3 is 1. The lowest BCUT2D eigenvalue weighted by atomic mass is 9.90. The average molecular weight is 559 g/mol. The molecule has 2 aliphatic heterocycles. The molecule has 39 heavy (non-hydrogen) atoms. The normalized spacial score (nSPS) is 24.7. The molecule has 2 N–H and O–H groups in total. The summed E-state index contributed by atoms with van der Waals surface area (Å²) in [5, 5.41) is 14.6. The Morgan fingerprint density at radius 3 is 2.64 bits per heavy atom. The van der Waals surface area contributed by atoms with Crippen LogP contribution < -0.4 is 10.1 Å². The van der Waals surface area contributed by atoms with Crippen LogP contribution in [-0.4, -0.2) is 74.5 Å². The molecule has 0 spiro atoms. The fourth-order valence-electron chi connectivity index (χ4n) is 5.71. The molecule has 2 heterocycles. The second-order valence-corrected chi connectivity index (χ2v) is 13.3. The summed E-state index contributed by atoms with van der Waals surface area (Å²) in [6.45, 7) is 7.77. The van der Waals surface area contributed by atoms with Crippen LogP contribution in [-0.2, 0) is 34.0 Å². The summed E-state index contributed by atoms with van der Waals surface area (Å²) in [7, 11) is -1.72. The van der Waals surface area contributed by atoms with Gasteiger partial charge in [-0.25, -0.2) is 13.2 Å². The topological polar surface area (TPSA) is 105 Å². The Kier molecular flexibility index (Phi) is 9.56. The fourth-order valence-corrected chi connectivity index (χ4v) is 7.68. The molecule has 0 aliphatic carbocycles. The summed E-state index contributed by atoms with van der Waals surface area (Å²) in [5.41, 5.74) is 4.17. The second-order valence-electron chi connectivity index (χ2n) is 11.2. The van der Waals surface area contributed by atoms with Crippen LogP contribution >= 0.6 is 0 Å². The number of nitrogens with zero attached hydrogens (tertiary/aromatic N) is 1. The highest BCUT2D eigenvalue weighted by Gasteiger charge is 2.39. The number of nitrogens with one attached hydrogen (secondary N) is 1. The zero-order valence-electron chi connectivity index (χ0n) is 23.4. The minimum atomic E-state index is -3.33. The molecule has 4 rings (SSSR count). The Balaban J connectivity index is 1.47. The number of amides is 1. The van der Waals surface area contributed by atoms with Crippen molar-refractivity contribution in [2.24, 2.45) is 5.92 Å². The van der Waals surface area contributed by atoms with Gasteiger partial charge in [0, 0.05) is 25.0 Å². The Hall–Kier alpha value is -2.62. The predicted molar refractivity (Wildman–Crippen MR) is 152 cm³/mol. The van der Waals surface area contributed by atoms with Crippen molar-refractivity contribution in [1.82, 2.24) is 10.2 Å². The number of ether oxygens (including phenoxy) is 2. The monoisotopic (exact) mass is 558 g/mol. The van der Waals surface area contributed by atoms with Gasteiger partial charge >= 0.3 is 6.09 Å². The second kappa shape index (κ2) is 12.7. The molecule has 0 unspecified atom stereocenters. The average Bonchev–Trinajstić information content (AvgIpc) is 3.24. The van der Waals surface area contributed by atoms with Crippen LogP contribution in [0.25, 0.3) is 0 Å². The molecule has 2 aliphatic rings. The van der Waals surface area contributed by atoms with Crippen molar-refractivity contribution in [1.29, 1.82) is 0 Å². The van der Waals surface area contributed by atoms with E-state index in [2.05, 4.69) is 31.3 Å². The quantitative estimate of drug-likeness (QED) is 0.433. The number of aliphatic hydroxyl groups is 1. The van der Waals surface area contributed by atoms with Gasteiger partial charge in [-0.15, -0.1) is 0 Å². The Labute approximate surface area is 232 Å². The molecule has 0 bridgehead atoms. The number of hydrogen-bond donors (Lipinski definition) is 2. The summed E-state index contributed by atoms with van der Waals surface area (Å²) in [4.78, 5) is 13.9. The van der Waals surface area contributed by atoms with Crippen molar-refractivity contribution in [3.63, 3.8) is 0 Å². The molecule has 1 amide bonds. The van der Waals surface area contributed by atoms with Crippen LogP contribution in [0.1, 0.15) is 55.4 Å². The van der Waals surface area contributed by atoms with Crippen molar-refractivity contribution in [2.75, 3.05) is 31.8 Å². The van der Waals surface area contributed by atoms with Gasteiger partial charge in [-0.2, -0.15) is 0 Å². The van der Waals surface area contributed by atoms with E-state index < -0.39 is 27.9 Å². The van der Waals surface area contributed by atoms with E-state index in [1.807, 2.05) is 37.3 Å². The van der Waals surface area contributed by atoms with E-state index >= 15 is 0 Å². The first kappa shape index (κ1) is 29.4. The van der Waals surface area contributed by atoms with Crippen LogP contribution in [0, 0.1) is 5.92 Å². The zero-order valence-corrected chi connectivity index (χ0v) is 24.2. The van der Waals surface area contributed by atoms with Gasteiger partial charge in [-0.05, 0) is 53.5 Å². The van der Waals surface area contributed by atoms with Crippen LogP contribution in [0.3, 0.4) is 0 Å². The Morgan fingerprint density at radius 2 is 1.92 bits per heavy atom. The van der Waals surface area contributed by atoms with Gasteiger partial charge in [-0.1, -0.05) is 57.2 Å². The number of aliphatic hydroxyl groups excluding tert-OH is 1. The Morgan fingerprint density at radius 1 is 1.13 bits per heavy atom. The summed E-state index contributed by atoms with van der Waals surface area (Å²) in [6.07, 6.45) is 0.760. The predicted octanol–water partition coefficient (Wildman–Crippen LogP) is 3.70. The minimum Gasteiger partial charge on any atom is -0.496 e. The van der Waals surface area contributed by atoms with Gasteiger partial charge in [0.2, 0.25) is 0 Å². The number of rotatable bonds is 11. The largest absolute Gasteiger partial charge is 0.496 e. The van der Waals surface area contributed by atoms with E-state index in [-0.39, 0.29) is 23.6 Å². The van der Waals surface area contributed by atoms with Gasteiger partial charge in [0.25, 0.3) is 0 Å². The number of carbonyl (C=O) groups excluding carboxylic acids is 1. The lowest BCUT2D eigenvalue weighted by molar-refractivity contribution is 0.0781. The van der Waals surface area contributed by atoms with Crippen molar-refractivity contribution in [2.45, 2.75) is 70.7 Å². The first-order valence-electron chi connectivity index (χ1n) is 13.9. The third kappa shape index (κ3) is 7.32. The molecular formula is C30H42N2O6S. The lowest BCUT2D eigenvalue weighted by Crippen LogP contribution is -2.54. The number of sulfone groups is 1. The SMILES string of the molecule is CCCN1C(=O)OC[C@@H]1Cc1cc(C[C@@H]2CS(=O)(=O)C[C@H](NCc3cccc(C(C)C)c3)[C@H]2O)ccc1OC. The molecule has 214 valence electrons. The summed E-state index contributed by atoms with van der Waals surface area (Å²) in [6, 6.07) is 13.4. The Bertz CT molecular complexity index is 1250. The first-order chi connectivity index (χ1) is 18.6. The van der Waals surface area contributed by atoms with E-state index in [0.29, 0.717) is 38.5 Å². The molecule has 4 atom stereocenters. The molecular weight excluding hydrogens is 516 g/mol. The lowest BCUT2D eigenvalue weighted by Gasteiger charge is -2.35. The van der Waals surface area contributed by atoms with Crippen molar-refractivity contribution < 1.29 is 27.8 Å². The van der Waals surface area contributed by atoms with Crippen LogP contribution in [0.15, 0.2) is 42.5 Å². The van der Waals surface area contributed by atoms with Gasteiger partial charge < -0.3 is 24.8 Å². The van der Waals surface area contributed by atoms with E-state index in [1.165, 1.54) is 5.56 Å². The van der Waals surface area contributed by atoms with Crippen molar-refractivity contribution in [3.05, 3.63) is 64.7 Å². The van der Waals surface area contributed by atoms with E-state index in [9.17, 15) is 18.3 Å². The van der Waals surface area contributed by atoms with Gasteiger partial charge in [0.15, 0.2) is 9.84 Å². The molecule has 2 fully saturated rings. The highest BCUT2D eigenvalue weighted by molar-refractivity contribution is 7.91. The molecule has 8 nitrogen and oxygen atoms in total. The summed E-state index contributed by atoms with van der Waals surface area (Å²) < 4.78 is 36.6. The third-order valence-corrected chi connectivity index (χ3v) is 9.62. The molecule has 9 heteroatoms. The summed E-state index contributed by atoms with van der Waals surface area (Å²) in [5.74, 6) is 0.560. The molecule has 0 aromatic heterocycles. The van der Waals surface area contributed by atoms with Crippen LogP contribution in [0.5, 0.6) is 5.75 Å². The maximum Gasteiger partial charge on any atom is 0.410 e. The number of cyclic esters (lactones) is 1. The maximum absolute atomic E-state index is 12.9. The summed E-state index contributed by atoms with van der Waals surface area (Å²) >= 11 is 0. The van der Waals surface area contributed by atoms with Crippen LogP contribution in [0.4, 0.5) is 4.79 Å². The third-order valence-electron chi connectivity index (χ3n) is 7.82. The standard InChI is InChI=1S/C30H42N2O6S/c1-5-11-32-26(17-38-30(32)34)15-24-12-21(9-10-28(24)37-4)13-25-18-39(35,36)19-27(29(25)33)31-16-22-7-6-8-23(14-22)20(2)3/h6-10,12,14,20,25-27,29,31,33H,5,11,13,15-19H2,1-4H3/t25-,26+,27+,29+/m1/s1. The molecule has 0 saturated carbocycles. The zero-order chi connectivity index (χ0) is 28.2. The van der Waals surface area contributed by atoms with Crippen molar-refractivity contribution in [3.8, 4) is 5.75 Å². The highest BCUT2D eigenvalue weighted by atomic mass is 32.2. The van der Waals surface area contributed by atoms with Gasteiger partial charge in [0.1, 0.15) is 12.4 Å². The molecule has 0 radical (unpaired) electrons. The van der Waals surface area contributed by atoms with E-state index in [0.717, 1.165) is 28.9 Å². The van der Waals surface area contributed by atoms with E-state index in [4.69, 9.17) is 9.47 Å². The highest BCUT2D eigenvalue weighted by Crippen LogP contribution is 2.29. The minimum absolute atomic E-state index is 0.0498. The van der Waals surface area contributed by atoms with Crippen LogP contribution in [0.2, 0.25) is 0 Å². The van der Waals surface area contributed by atoms with E-state index in [1.54, 1.807) is 12.0 Å².